The molecule has 0 aromatic carbocycles. The largest absolute Gasteiger partial charge is 0.354 e. The lowest BCUT2D eigenvalue weighted by Gasteiger charge is -1.98. The van der Waals surface area contributed by atoms with Gasteiger partial charge < -0.3 is 5.32 Å². The zero-order chi connectivity index (χ0) is 11.4. The third kappa shape index (κ3) is 3.24. The minimum atomic E-state index is 0.625. The number of nitrogens with one attached hydrogen (secondary N) is 1. The summed E-state index contributed by atoms with van der Waals surface area (Å²) in [7, 11) is 0. The van der Waals surface area contributed by atoms with Gasteiger partial charge in [0.1, 0.15) is 10.0 Å². The molecule has 0 aliphatic heterocycles. The van der Waals surface area contributed by atoms with Crippen molar-refractivity contribution in [3.63, 3.8) is 0 Å². The summed E-state index contributed by atoms with van der Waals surface area (Å²) >= 11 is 3.27. The van der Waals surface area contributed by atoms with E-state index < -0.39 is 0 Å². The van der Waals surface area contributed by atoms with Gasteiger partial charge in [-0.3, -0.25) is 0 Å². The molecule has 2 aromatic rings. The third-order valence-corrected chi connectivity index (χ3v) is 3.61. The fourth-order valence-electron chi connectivity index (χ4n) is 1.25. The maximum atomic E-state index is 4.20. The first-order valence-corrected chi connectivity index (χ1v) is 6.88. The van der Waals surface area contributed by atoms with Crippen LogP contribution in [0.5, 0.6) is 0 Å². The molecular weight excluding hydrogens is 240 g/mol. The lowest BCUT2D eigenvalue weighted by atomic mass is 10.1. The molecule has 0 aliphatic carbocycles. The monoisotopic (exact) mass is 254 g/mol. The number of anilines is 1. The van der Waals surface area contributed by atoms with E-state index in [0.717, 1.165) is 28.1 Å². The van der Waals surface area contributed by atoms with E-state index in [0.29, 0.717) is 5.92 Å². The van der Waals surface area contributed by atoms with Gasteiger partial charge in [-0.25, -0.2) is 4.98 Å². The number of nitrogens with zero attached hydrogens (tertiary/aromatic N) is 3. The van der Waals surface area contributed by atoms with Crippen molar-refractivity contribution >= 4 is 27.8 Å². The molecule has 6 heteroatoms. The second kappa shape index (κ2) is 5.36. The second-order valence-corrected chi connectivity index (χ2v) is 5.92. The van der Waals surface area contributed by atoms with E-state index in [-0.39, 0.29) is 0 Å². The van der Waals surface area contributed by atoms with Crippen LogP contribution in [0.3, 0.4) is 0 Å². The predicted molar refractivity (Wildman–Crippen MR) is 67.9 cm³/mol. The van der Waals surface area contributed by atoms with Gasteiger partial charge >= 0.3 is 0 Å². The van der Waals surface area contributed by atoms with Gasteiger partial charge in [-0.05, 0) is 5.92 Å². The van der Waals surface area contributed by atoms with Gasteiger partial charge in [0.15, 0.2) is 0 Å². The number of hydrogen-bond acceptors (Lipinski definition) is 6. The Morgan fingerprint density at radius 3 is 2.88 bits per heavy atom. The van der Waals surface area contributed by atoms with Crippen molar-refractivity contribution in [2.45, 2.75) is 26.8 Å². The van der Waals surface area contributed by atoms with Crippen LogP contribution in [0.4, 0.5) is 5.13 Å². The summed E-state index contributed by atoms with van der Waals surface area (Å²) < 4.78 is 0. The Balaban J connectivity index is 1.88. The first kappa shape index (κ1) is 11.5. The molecule has 0 bridgehead atoms. The van der Waals surface area contributed by atoms with Crippen molar-refractivity contribution in [3.05, 3.63) is 21.6 Å². The van der Waals surface area contributed by atoms with Crippen LogP contribution in [0.25, 0.3) is 0 Å². The highest BCUT2D eigenvalue weighted by atomic mass is 32.1. The van der Waals surface area contributed by atoms with Crippen molar-refractivity contribution in [1.82, 2.24) is 15.2 Å². The Hall–Kier alpha value is -1.01. The van der Waals surface area contributed by atoms with E-state index in [1.165, 1.54) is 0 Å². The van der Waals surface area contributed by atoms with Crippen LogP contribution >= 0.6 is 22.7 Å². The van der Waals surface area contributed by atoms with Gasteiger partial charge in [0.05, 0.1) is 6.54 Å². The van der Waals surface area contributed by atoms with Crippen LogP contribution in [-0.2, 0) is 13.0 Å². The summed E-state index contributed by atoms with van der Waals surface area (Å²) in [5.41, 5.74) is 0. The zero-order valence-electron chi connectivity index (χ0n) is 9.30. The molecule has 0 radical (unpaired) electrons. The maximum Gasteiger partial charge on any atom is 0.206 e. The highest BCUT2D eigenvalue weighted by molar-refractivity contribution is 7.15. The van der Waals surface area contributed by atoms with E-state index in [2.05, 4.69) is 34.3 Å². The van der Waals surface area contributed by atoms with Crippen molar-refractivity contribution < 1.29 is 0 Å². The molecule has 0 fully saturated rings. The van der Waals surface area contributed by atoms with E-state index in [4.69, 9.17) is 0 Å². The Bertz CT molecular complexity index is 422. The van der Waals surface area contributed by atoms with E-state index in [1.807, 2.05) is 11.6 Å². The highest BCUT2D eigenvalue weighted by Crippen LogP contribution is 2.19. The molecule has 2 rings (SSSR count). The molecule has 0 amide bonds. The van der Waals surface area contributed by atoms with Crippen LogP contribution < -0.4 is 5.32 Å². The van der Waals surface area contributed by atoms with Crippen molar-refractivity contribution in [3.8, 4) is 0 Å². The fourth-order valence-corrected chi connectivity index (χ4v) is 2.75. The minimum absolute atomic E-state index is 0.625. The summed E-state index contributed by atoms with van der Waals surface area (Å²) in [6.45, 7) is 5.10. The zero-order valence-corrected chi connectivity index (χ0v) is 10.9. The van der Waals surface area contributed by atoms with Gasteiger partial charge in [-0.1, -0.05) is 25.2 Å². The molecule has 1 N–H and O–H groups in total. The average molecular weight is 254 g/mol. The topological polar surface area (TPSA) is 50.7 Å². The molecule has 2 heterocycles. The molecule has 0 atom stereocenters. The Morgan fingerprint density at radius 1 is 1.31 bits per heavy atom. The molecule has 0 spiro atoms. The van der Waals surface area contributed by atoms with Crippen LogP contribution in [0.15, 0.2) is 11.6 Å². The number of thiazole rings is 1. The molecule has 16 heavy (non-hydrogen) atoms. The summed E-state index contributed by atoms with van der Waals surface area (Å²) in [6, 6.07) is 0. The summed E-state index contributed by atoms with van der Waals surface area (Å²) in [6.07, 6.45) is 2.81. The lowest BCUT2D eigenvalue weighted by molar-refractivity contribution is 0.640. The van der Waals surface area contributed by atoms with Crippen molar-refractivity contribution in [2.24, 2.45) is 5.92 Å². The Kier molecular flexibility index (Phi) is 3.84. The van der Waals surface area contributed by atoms with Crippen molar-refractivity contribution in [1.29, 1.82) is 0 Å². The third-order valence-electron chi connectivity index (χ3n) is 1.92. The maximum absolute atomic E-state index is 4.20. The first-order valence-electron chi connectivity index (χ1n) is 5.18. The number of hydrogen-bond donors (Lipinski definition) is 1. The molecule has 4 nitrogen and oxygen atoms in total. The second-order valence-electron chi connectivity index (χ2n) is 3.88. The Labute approximate surface area is 103 Å². The van der Waals surface area contributed by atoms with E-state index >= 15 is 0 Å². The van der Waals surface area contributed by atoms with Gasteiger partial charge in [-0.15, -0.1) is 21.5 Å². The lowest BCUT2D eigenvalue weighted by Crippen LogP contribution is -1.97. The quantitative estimate of drug-likeness (QED) is 0.891. The fraction of sp³-hybridized carbons (Fsp3) is 0.500. The molecule has 0 aliphatic rings. The van der Waals surface area contributed by atoms with Gasteiger partial charge in [-0.2, -0.15) is 0 Å². The van der Waals surface area contributed by atoms with E-state index in [1.54, 1.807) is 22.7 Å². The molecule has 0 unspecified atom stereocenters. The van der Waals surface area contributed by atoms with Crippen molar-refractivity contribution in [2.75, 3.05) is 5.32 Å². The smallest absolute Gasteiger partial charge is 0.206 e. The van der Waals surface area contributed by atoms with Gasteiger partial charge in [0.25, 0.3) is 0 Å². The summed E-state index contributed by atoms with van der Waals surface area (Å²) in [5, 5.41) is 16.5. The SMILES string of the molecule is CC(C)Cc1nnc(NCc2nccs2)s1. The summed E-state index contributed by atoms with van der Waals surface area (Å²) in [5.74, 6) is 0.625. The molecule has 0 saturated carbocycles. The average Bonchev–Trinajstić information content (AvgIpc) is 2.84. The minimum Gasteiger partial charge on any atom is -0.354 e. The predicted octanol–water partition coefficient (Wildman–Crippen LogP) is 2.81. The van der Waals surface area contributed by atoms with E-state index in [9.17, 15) is 0 Å². The molecular formula is C10H14N4S2. The molecule has 0 saturated heterocycles. The van der Waals surface area contributed by atoms with Gasteiger partial charge in [0.2, 0.25) is 5.13 Å². The molecule has 2 aromatic heterocycles. The normalized spacial score (nSPS) is 10.9. The number of rotatable bonds is 5. The first-order chi connectivity index (χ1) is 7.74. The molecule has 86 valence electrons. The Morgan fingerprint density at radius 2 is 2.19 bits per heavy atom. The van der Waals surface area contributed by atoms with Crippen LogP contribution in [0, 0.1) is 5.92 Å². The summed E-state index contributed by atoms with van der Waals surface area (Å²) in [4.78, 5) is 4.20. The highest BCUT2D eigenvalue weighted by Gasteiger charge is 2.06. The number of aromatic nitrogens is 3. The van der Waals surface area contributed by atoms with Crippen LogP contribution in [-0.4, -0.2) is 15.2 Å². The van der Waals surface area contributed by atoms with Gasteiger partial charge in [0, 0.05) is 18.0 Å². The van der Waals surface area contributed by atoms with Crippen LogP contribution in [0.1, 0.15) is 23.9 Å². The van der Waals surface area contributed by atoms with Crippen LogP contribution in [0.2, 0.25) is 0 Å². The standard InChI is InChI=1S/C10H14N4S2/c1-7(2)5-8-13-14-10(16-8)12-6-9-11-3-4-15-9/h3-4,7H,5-6H2,1-2H3,(H,12,14).